The van der Waals surface area contributed by atoms with E-state index in [1.165, 1.54) is 0 Å². The van der Waals surface area contributed by atoms with Crippen molar-refractivity contribution in [3.63, 3.8) is 0 Å². The predicted molar refractivity (Wildman–Crippen MR) is 410 cm³/mol. The van der Waals surface area contributed by atoms with Crippen molar-refractivity contribution < 1.29 is 31.4 Å². The van der Waals surface area contributed by atoms with Crippen LogP contribution in [0.15, 0.2) is 333 Å². The first-order chi connectivity index (χ1) is 54.7. The second-order valence-corrected chi connectivity index (χ2v) is 24.8. The third-order valence-electron chi connectivity index (χ3n) is 19.1. The minimum Gasteiger partial charge on any atom is -0.456 e. The van der Waals surface area contributed by atoms with E-state index in [4.69, 9.17) is 61.3 Å². The zero-order chi connectivity index (χ0) is 75.6. The second kappa shape index (κ2) is 22.7. The molecule has 0 aliphatic heterocycles. The van der Waals surface area contributed by atoms with Gasteiger partial charge in [-0.1, -0.05) is 224 Å². The van der Waals surface area contributed by atoms with Gasteiger partial charge in [-0.2, -0.15) is 0 Å². The highest BCUT2D eigenvalue weighted by atomic mass is 16.3. The van der Waals surface area contributed by atoms with Crippen LogP contribution in [0.1, 0.15) is 13.7 Å². The Kier molecular flexibility index (Phi) is 10.6. The summed E-state index contributed by atoms with van der Waals surface area (Å²) in [6.45, 7) is 0. The molecule has 14 aromatic carbocycles. The minimum absolute atomic E-state index is 0.0464. The van der Waals surface area contributed by atoms with Crippen LogP contribution in [0.2, 0.25) is 0 Å². The van der Waals surface area contributed by atoms with Gasteiger partial charge in [0.1, 0.15) is 33.5 Å². The van der Waals surface area contributed by atoms with Gasteiger partial charge in [0.2, 0.25) is 0 Å². The lowest BCUT2D eigenvalue weighted by Crippen LogP contribution is -2.00. The summed E-state index contributed by atoms with van der Waals surface area (Å²) in [6, 6.07) is 79.1. The van der Waals surface area contributed by atoms with E-state index >= 15 is 0 Å². The van der Waals surface area contributed by atoms with Crippen molar-refractivity contribution in [1.82, 2.24) is 39.0 Å². The van der Waals surface area contributed by atoms with E-state index in [1.807, 2.05) is 194 Å². The fourth-order valence-electron chi connectivity index (χ4n) is 14.7. The minimum atomic E-state index is -0.498. The van der Waals surface area contributed by atoms with Crippen molar-refractivity contribution in [1.29, 1.82) is 0 Å². The van der Waals surface area contributed by atoms with Gasteiger partial charge < -0.3 is 26.8 Å². The molecule has 0 amide bonds. The number of rotatable bonds is 8. The molecular formula is C90H52N8O4. The number of hydrogen-bond acceptors (Lipinski definition) is 10. The summed E-state index contributed by atoms with van der Waals surface area (Å²) in [5.74, 6) is 0.911. The maximum atomic E-state index is 8.82. The van der Waals surface area contributed by atoms with Crippen molar-refractivity contribution in [2.24, 2.45) is 0 Å². The molecular weight excluding hydrogens is 1260 g/mol. The summed E-state index contributed by atoms with van der Waals surface area (Å²) in [6.07, 6.45) is 0. The van der Waals surface area contributed by atoms with Crippen LogP contribution in [0.4, 0.5) is 0 Å². The van der Waals surface area contributed by atoms with Crippen molar-refractivity contribution in [2.45, 2.75) is 0 Å². The summed E-state index contributed by atoms with van der Waals surface area (Å²) in [5.41, 5.74) is 13.6. The molecule has 0 aliphatic carbocycles. The molecule has 102 heavy (non-hydrogen) atoms. The lowest BCUT2D eigenvalue weighted by Gasteiger charge is -2.10. The van der Waals surface area contributed by atoms with E-state index in [-0.39, 0.29) is 46.1 Å². The lowest BCUT2D eigenvalue weighted by atomic mass is 10.0. The van der Waals surface area contributed by atoms with Crippen LogP contribution in [0.25, 0.3) is 211 Å². The number of furan rings is 4. The molecule has 0 N–H and O–H groups in total. The molecule has 0 atom stereocenters. The van der Waals surface area contributed by atoms with Crippen LogP contribution in [-0.2, 0) is 0 Å². The summed E-state index contributed by atoms with van der Waals surface area (Å²) in [7, 11) is 0. The summed E-state index contributed by atoms with van der Waals surface area (Å²) < 4.78 is 116. The van der Waals surface area contributed by atoms with Crippen LogP contribution < -0.4 is 0 Å². The normalized spacial score (nSPS) is 13.3. The van der Waals surface area contributed by atoms with Crippen molar-refractivity contribution in [2.75, 3.05) is 0 Å². The Morgan fingerprint density at radius 3 is 1.06 bits per heavy atom. The van der Waals surface area contributed by atoms with Crippen molar-refractivity contribution >= 4 is 131 Å². The Hall–Kier alpha value is -14.1. The van der Waals surface area contributed by atoms with Gasteiger partial charge >= 0.3 is 0 Å². The largest absolute Gasteiger partial charge is 0.456 e. The third kappa shape index (κ3) is 9.03. The lowest BCUT2D eigenvalue weighted by molar-refractivity contribution is 0.666. The highest BCUT2D eigenvalue weighted by Gasteiger charge is 2.25. The smallest absolute Gasteiger partial charge is 0.164 e. The quantitative estimate of drug-likeness (QED) is 0.144. The Bertz CT molecular complexity index is 7660. The fraction of sp³-hybridized carbons (Fsp3) is 0. The molecule has 0 aliphatic rings. The Morgan fingerprint density at radius 1 is 0.235 bits per heavy atom. The average molecular weight is 1320 g/mol. The molecule has 0 radical (unpaired) electrons. The summed E-state index contributed by atoms with van der Waals surface area (Å²) >= 11 is 0. The molecule has 0 spiro atoms. The summed E-state index contributed by atoms with van der Waals surface area (Å²) in [5, 5.41) is 11.5. The molecule has 8 heterocycles. The second-order valence-electron chi connectivity index (χ2n) is 24.8. The number of fused-ring (bicyclic) bond motifs is 18. The van der Waals surface area contributed by atoms with Gasteiger partial charge in [-0.05, 0) is 91.0 Å². The van der Waals surface area contributed by atoms with Gasteiger partial charge in [-0.25, -0.2) is 29.9 Å². The number of benzene rings is 14. The SMILES string of the molecule is [2H]c1c([2H])c([2H])c(-c2nc(-c3ccc4c(c3)oc3ccccc34)nc(-c3cccc4oc5c(-n6c7ccccc7c7ccccc76)cccc5c34)n2)c([2H])c1[2H].[2H]c1c([2H])c([2H])c(-c2nc(-c3ccc4oc5ccccc5c4c3)nc(-c3cccc4oc5c(-n6c7ccccc7c7ccccc76)cccc5c34)n2)c([2H])c1[2H]. The third-order valence-corrected chi connectivity index (χ3v) is 19.1. The van der Waals surface area contributed by atoms with Crippen molar-refractivity contribution in [3.8, 4) is 79.7 Å². The average Bonchev–Trinajstić information content (AvgIpc) is 1.59. The van der Waals surface area contributed by atoms with E-state index in [0.29, 0.717) is 55.8 Å². The first kappa shape index (κ1) is 47.8. The van der Waals surface area contributed by atoms with E-state index in [0.717, 1.165) is 109 Å². The highest BCUT2D eigenvalue weighted by Crippen LogP contribution is 2.45. The molecule has 22 rings (SSSR count). The number of aromatic nitrogens is 8. The fourth-order valence-corrected chi connectivity index (χ4v) is 14.7. The summed E-state index contributed by atoms with van der Waals surface area (Å²) in [4.78, 5) is 29.3. The van der Waals surface area contributed by atoms with Gasteiger partial charge in [0.25, 0.3) is 0 Å². The van der Waals surface area contributed by atoms with Gasteiger partial charge in [0, 0.05) is 98.0 Å². The molecule has 12 nitrogen and oxygen atoms in total. The van der Waals surface area contributed by atoms with E-state index in [9.17, 15) is 0 Å². The Balaban J connectivity index is 0.000000141. The van der Waals surface area contributed by atoms with E-state index in [2.05, 4.69) is 69.8 Å². The molecule has 0 unspecified atom stereocenters. The maximum absolute atomic E-state index is 8.82. The van der Waals surface area contributed by atoms with Crippen LogP contribution in [0.5, 0.6) is 0 Å². The van der Waals surface area contributed by atoms with Gasteiger partial charge in [-0.3, -0.25) is 0 Å². The van der Waals surface area contributed by atoms with E-state index < -0.39 is 60.4 Å². The van der Waals surface area contributed by atoms with Gasteiger partial charge in [0.15, 0.2) is 46.1 Å². The van der Waals surface area contributed by atoms with Gasteiger partial charge in [-0.15, -0.1) is 0 Å². The topological polar surface area (TPSA) is 140 Å². The van der Waals surface area contributed by atoms with Crippen molar-refractivity contribution in [3.05, 3.63) is 315 Å². The number of nitrogens with zero attached hydrogens (tertiary/aromatic N) is 8. The zero-order valence-electron chi connectivity index (χ0n) is 63.5. The number of para-hydroxylation sites is 8. The monoisotopic (exact) mass is 1320 g/mol. The first-order valence-electron chi connectivity index (χ1n) is 38.1. The standard InChI is InChI=1S/2C45H26N4O2/c1-2-12-27(13-3-1)43-46-44(28-24-25-32-31-16-6-9-22-38(31)50-40(32)26-28)48-45(47-43)34-18-11-23-39-41(34)33-17-10-21-37(42(33)51-39)49-35-19-7-4-14-29(35)30-15-5-8-20-36(30)49;1-2-12-27(13-3-1)43-46-44(28-24-25-39-34(26-28)31-16-6-9-22-38(31)50-39)48-45(47-43)33-18-11-23-40-41(33)32-17-10-21-37(42(32)51-40)49-35-19-7-4-14-29(35)30-15-5-8-20-36(30)49/h2*1-26H/i2*1D,2D,3D,12D,13D. The Morgan fingerprint density at radius 2 is 0.578 bits per heavy atom. The van der Waals surface area contributed by atoms with Crippen LogP contribution in [0, 0.1) is 0 Å². The molecule has 22 aromatic rings. The molecule has 8 aromatic heterocycles. The number of hydrogen-bond donors (Lipinski definition) is 0. The van der Waals surface area contributed by atoms with Crippen LogP contribution >= 0.6 is 0 Å². The molecule has 476 valence electrons. The van der Waals surface area contributed by atoms with Gasteiger partial charge in [0.05, 0.1) is 47.1 Å². The van der Waals surface area contributed by atoms with Crippen LogP contribution in [0.3, 0.4) is 0 Å². The van der Waals surface area contributed by atoms with Crippen LogP contribution in [-0.4, -0.2) is 39.0 Å². The highest BCUT2D eigenvalue weighted by molar-refractivity contribution is 6.18. The molecule has 12 heteroatoms. The first-order valence-corrected chi connectivity index (χ1v) is 33.1. The molecule has 0 bridgehead atoms. The maximum Gasteiger partial charge on any atom is 0.164 e. The Labute approximate surface area is 594 Å². The molecule has 0 fully saturated rings. The zero-order valence-corrected chi connectivity index (χ0v) is 53.5. The molecule has 0 saturated carbocycles. The van der Waals surface area contributed by atoms with E-state index in [1.54, 1.807) is 0 Å². The molecule has 0 saturated heterocycles. The predicted octanol–water partition coefficient (Wildman–Crippen LogP) is 23.5.